The molecule has 0 aliphatic carbocycles. The molecular formula is C22H26ClN3O. The van der Waals surface area contributed by atoms with E-state index in [-0.39, 0.29) is 16.6 Å². The number of phenols is 1. The van der Waals surface area contributed by atoms with Gasteiger partial charge in [0.25, 0.3) is 0 Å². The van der Waals surface area contributed by atoms with Crippen LogP contribution in [0.25, 0.3) is 16.9 Å². The summed E-state index contributed by atoms with van der Waals surface area (Å²) in [7, 11) is 0. The van der Waals surface area contributed by atoms with E-state index in [2.05, 4.69) is 57.8 Å². The van der Waals surface area contributed by atoms with E-state index in [0.29, 0.717) is 16.4 Å². The van der Waals surface area contributed by atoms with Crippen molar-refractivity contribution in [2.45, 2.75) is 52.4 Å². The maximum atomic E-state index is 11.0. The van der Waals surface area contributed by atoms with Crippen molar-refractivity contribution in [3.63, 3.8) is 0 Å². The smallest absolute Gasteiger partial charge is 0.146 e. The molecule has 2 aromatic carbocycles. The average molecular weight is 384 g/mol. The number of aromatic nitrogens is 3. The highest BCUT2D eigenvalue weighted by Crippen LogP contribution is 2.39. The summed E-state index contributed by atoms with van der Waals surface area (Å²) in [6.07, 6.45) is 1.69. The number of hydrogen-bond donors (Lipinski definition) is 1. The first-order valence-electron chi connectivity index (χ1n) is 9.03. The lowest BCUT2D eigenvalue weighted by Gasteiger charge is -2.27. The Labute approximate surface area is 165 Å². The summed E-state index contributed by atoms with van der Waals surface area (Å²) >= 11 is 6.09. The number of benzene rings is 2. The molecule has 0 amide bonds. The second kappa shape index (κ2) is 6.68. The van der Waals surface area contributed by atoms with Gasteiger partial charge in [-0.1, -0.05) is 71.3 Å². The zero-order valence-corrected chi connectivity index (χ0v) is 17.5. The van der Waals surface area contributed by atoms with Crippen LogP contribution in [0.15, 0.2) is 42.6 Å². The lowest BCUT2D eigenvalue weighted by atomic mass is 9.80. The van der Waals surface area contributed by atoms with Crippen LogP contribution < -0.4 is 0 Å². The monoisotopic (exact) mass is 383 g/mol. The molecule has 5 heteroatoms. The highest BCUT2D eigenvalue weighted by atomic mass is 35.5. The Bertz CT molecular complexity index is 978. The van der Waals surface area contributed by atoms with E-state index in [1.54, 1.807) is 6.20 Å². The van der Waals surface area contributed by atoms with Gasteiger partial charge in [-0.3, -0.25) is 0 Å². The molecule has 0 aliphatic heterocycles. The van der Waals surface area contributed by atoms with Gasteiger partial charge in [0, 0.05) is 16.1 Å². The molecule has 0 radical (unpaired) electrons. The van der Waals surface area contributed by atoms with Crippen LogP contribution in [0.5, 0.6) is 5.75 Å². The van der Waals surface area contributed by atoms with Crippen molar-refractivity contribution >= 4 is 11.6 Å². The van der Waals surface area contributed by atoms with Crippen molar-refractivity contribution in [2.24, 2.45) is 0 Å². The Morgan fingerprint density at radius 3 is 2.26 bits per heavy atom. The van der Waals surface area contributed by atoms with Crippen molar-refractivity contribution in [3.8, 4) is 22.7 Å². The van der Waals surface area contributed by atoms with Crippen LogP contribution in [-0.2, 0) is 10.8 Å². The highest BCUT2D eigenvalue weighted by molar-refractivity contribution is 6.30. The highest BCUT2D eigenvalue weighted by Gasteiger charge is 2.26. The fourth-order valence-corrected chi connectivity index (χ4v) is 3.13. The lowest BCUT2D eigenvalue weighted by molar-refractivity contribution is 0.438. The fraction of sp³-hybridized carbons (Fsp3) is 0.364. The van der Waals surface area contributed by atoms with Crippen LogP contribution in [-0.4, -0.2) is 20.1 Å². The number of aromatic hydroxyl groups is 1. The second-order valence-corrected chi connectivity index (χ2v) is 9.36. The van der Waals surface area contributed by atoms with E-state index in [9.17, 15) is 5.11 Å². The van der Waals surface area contributed by atoms with Gasteiger partial charge in [0.1, 0.15) is 17.1 Å². The van der Waals surface area contributed by atoms with Crippen LogP contribution >= 0.6 is 11.6 Å². The molecule has 0 unspecified atom stereocenters. The third kappa shape index (κ3) is 4.01. The molecule has 1 N–H and O–H groups in total. The molecule has 27 heavy (non-hydrogen) atoms. The molecule has 3 rings (SSSR count). The Morgan fingerprint density at radius 1 is 0.963 bits per heavy atom. The minimum Gasteiger partial charge on any atom is -0.505 e. The molecule has 0 atom stereocenters. The Balaban J connectivity index is 2.17. The van der Waals surface area contributed by atoms with Crippen molar-refractivity contribution in [1.29, 1.82) is 0 Å². The Morgan fingerprint density at radius 2 is 1.67 bits per heavy atom. The summed E-state index contributed by atoms with van der Waals surface area (Å²) in [6.45, 7) is 12.7. The summed E-state index contributed by atoms with van der Waals surface area (Å²) < 4.78 is 0. The summed E-state index contributed by atoms with van der Waals surface area (Å²) in [5.74, 6) is 0.212. The molecule has 4 nitrogen and oxygen atoms in total. The van der Waals surface area contributed by atoms with Gasteiger partial charge in [0.2, 0.25) is 0 Å². The zero-order valence-electron chi connectivity index (χ0n) is 16.7. The van der Waals surface area contributed by atoms with Crippen molar-refractivity contribution in [1.82, 2.24) is 15.0 Å². The van der Waals surface area contributed by atoms with Gasteiger partial charge in [-0.05, 0) is 34.6 Å². The number of hydrogen-bond acceptors (Lipinski definition) is 3. The van der Waals surface area contributed by atoms with Gasteiger partial charge in [-0.15, -0.1) is 9.90 Å². The van der Waals surface area contributed by atoms with Crippen LogP contribution in [0.4, 0.5) is 0 Å². The summed E-state index contributed by atoms with van der Waals surface area (Å²) in [6, 6.07) is 11.5. The summed E-state index contributed by atoms with van der Waals surface area (Å²) in [5.41, 5.74) is 3.91. The molecule has 0 saturated heterocycles. The SMILES string of the molecule is CC(C)(C)c1cc(-n2ncc(-c3cccc(Cl)c3)n2)c(O)c(C(C)(C)C)c1. The Kier molecular flexibility index (Phi) is 4.81. The van der Waals surface area contributed by atoms with Crippen LogP contribution in [0.1, 0.15) is 52.7 Å². The molecule has 0 aliphatic rings. The molecule has 3 aromatic rings. The van der Waals surface area contributed by atoms with E-state index in [4.69, 9.17) is 11.6 Å². The van der Waals surface area contributed by atoms with Crippen molar-refractivity contribution < 1.29 is 5.11 Å². The molecule has 0 bridgehead atoms. The third-order valence-corrected chi connectivity index (χ3v) is 4.83. The first-order valence-corrected chi connectivity index (χ1v) is 9.41. The molecule has 0 saturated carbocycles. The molecule has 1 heterocycles. The van der Waals surface area contributed by atoms with Crippen molar-refractivity contribution in [3.05, 3.63) is 58.7 Å². The third-order valence-electron chi connectivity index (χ3n) is 4.59. The number of rotatable bonds is 2. The second-order valence-electron chi connectivity index (χ2n) is 8.92. The first-order chi connectivity index (χ1) is 12.5. The van der Waals surface area contributed by atoms with Crippen molar-refractivity contribution in [2.75, 3.05) is 0 Å². The molecule has 1 aromatic heterocycles. The first kappa shape index (κ1) is 19.4. The number of nitrogens with zero attached hydrogens (tertiary/aromatic N) is 3. The van der Waals surface area contributed by atoms with Gasteiger partial charge >= 0.3 is 0 Å². The largest absolute Gasteiger partial charge is 0.505 e. The van der Waals surface area contributed by atoms with E-state index in [1.807, 2.05) is 30.3 Å². The Hall–Kier alpha value is -2.33. The van der Waals surface area contributed by atoms with Gasteiger partial charge in [-0.2, -0.15) is 5.10 Å². The van der Waals surface area contributed by atoms with Crippen LogP contribution in [0, 0.1) is 0 Å². The normalized spacial score (nSPS) is 12.4. The number of phenolic OH excluding ortho intramolecular Hbond substituents is 1. The molecule has 0 fully saturated rings. The van der Waals surface area contributed by atoms with Gasteiger partial charge < -0.3 is 5.11 Å². The zero-order chi connectivity index (χ0) is 20.0. The summed E-state index contributed by atoms with van der Waals surface area (Å²) in [4.78, 5) is 1.50. The van der Waals surface area contributed by atoms with E-state index in [1.165, 1.54) is 4.80 Å². The van der Waals surface area contributed by atoms with E-state index in [0.717, 1.165) is 16.7 Å². The predicted octanol–water partition coefficient (Wildman–Crippen LogP) is 5.89. The molecule has 142 valence electrons. The maximum Gasteiger partial charge on any atom is 0.146 e. The average Bonchev–Trinajstić information content (AvgIpc) is 3.02. The topological polar surface area (TPSA) is 50.9 Å². The minimum atomic E-state index is -0.205. The number of halogens is 1. The minimum absolute atomic E-state index is 0.0641. The van der Waals surface area contributed by atoms with E-state index < -0.39 is 0 Å². The summed E-state index contributed by atoms with van der Waals surface area (Å²) in [5, 5.41) is 20.6. The molecular weight excluding hydrogens is 358 g/mol. The standard InChI is InChI=1S/C22H26ClN3O/c1-21(2,3)15-11-17(22(4,5)6)20(27)19(12-15)26-24-13-18(25-26)14-8-7-9-16(23)10-14/h7-13,27H,1-6H3. The quantitative estimate of drug-likeness (QED) is 0.600. The molecule has 0 spiro atoms. The predicted molar refractivity (Wildman–Crippen MR) is 111 cm³/mol. The van der Waals surface area contributed by atoms with Crippen LogP contribution in [0.2, 0.25) is 5.02 Å². The van der Waals surface area contributed by atoms with Gasteiger partial charge in [0.05, 0.1) is 6.20 Å². The lowest BCUT2D eigenvalue weighted by Crippen LogP contribution is -2.18. The maximum absolute atomic E-state index is 11.0. The van der Waals surface area contributed by atoms with E-state index >= 15 is 0 Å². The van der Waals surface area contributed by atoms with Gasteiger partial charge in [-0.25, -0.2) is 0 Å². The van der Waals surface area contributed by atoms with Crippen LogP contribution in [0.3, 0.4) is 0 Å². The van der Waals surface area contributed by atoms with Gasteiger partial charge in [0.15, 0.2) is 0 Å². The fourth-order valence-electron chi connectivity index (χ4n) is 2.94.